The minimum absolute atomic E-state index is 0.0447. The average Bonchev–Trinajstić information content (AvgIpc) is 3.34. The lowest BCUT2D eigenvalue weighted by molar-refractivity contribution is 0.181. The summed E-state index contributed by atoms with van der Waals surface area (Å²) in [6.45, 7) is 7.11. The van der Waals surface area contributed by atoms with Crippen molar-refractivity contribution in [2.75, 3.05) is 6.54 Å². The Morgan fingerprint density at radius 1 is 1.38 bits per heavy atom. The van der Waals surface area contributed by atoms with E-state index in [9.17, 15) is 4.79 Å². The van der Waals surface area contributed by atoms with Crippen LogP contribution in [-0.2, 0) is 6.54 Å². The van der Waals surface area contributed by atoms with Gasteiger partial charge in [-0.05, 0) is 50.8 Å². The van der Waals surface area contributed by atoms with Crippen molar-refractivity contribution in [1.82, 2.24) is 25.3 Å². The highest BCUT2D eigenvalue weighted by Crippen LogP contribution is 2.32. The molecule has 0 spiro atoms. The number of urea groups is 1. The van der Waals surface area contributed by atoms with E-state index in [0.717, 1.165) is 46.7 Å². The van der Waals surface area contributed by atoms with Crippen LogP contribution in [0, 0.1) is 20.8 Å². The van der Waals surface area contributed by atoms with Gasteiger partial charge in [-0.2, -0.15) is 0 Å². The summed E-state index contributed by atoms with van der Waals surface area (Å²) in [5.41, 5.74) is 5.16. The lowest BCUT2D eigenvalue weighted by Gasteiger charge is -2.22. The van der Waals surface area contributed by atoms with Crippen LogP contribution in [0.2, 0.25) is 0 Å². The summed E-state index contributed by atoms with van der Waals surface area (Å²) in [7, 11) is 0. The van der Waals surface area contributed by atoms with Gasteiger partial charge < -0.3 is 19.7 Å². The molecule has 3 aromatic rings. The smallest absolute Gasteiger partial charge is 0.318 e. The zero-order valence-electron chi connectivity index (χ0n) is 15.3. The van der Waals surface area contributed by atoms with Gasteiger partial charge in [-0.1, -0.05) is 11.2 Å². The van der Waals surface area contributed by atoms with Crippen LogP contribution in [0.5, 0.6) is 0 Å². The number of hydrogen-bond acceptors (Lipinski definition) is 4. The standard InChI is InChI=1S/C19H23N5O2/c1-11-6-7-14-18(13(11)3)22-17(21-14)10-20-19(25)24-8-4-5-15(24)16-9-12(2)23-26-16/h6-7,9,15H,4-5,8,10H2,1-3H3,(H,20,25)(H,21,22). The van der Waals surface area contributed by atoms with E-state index in [1.807, 2.05) is 24.0 Å². The van der Waals surface area contributed by atoms with Gasteiger partial charge in [0.15, 0.2) is 5.76 Å². The van der Waals surface area contributed by atoms with Crippen LogP contribution in [0.1, 0.15) is 47.3 Å². The fraction of sp³-hybridized carbons (Fsp3) is 0.421. The average molecular weight is 353 g/mol. The first kappa shape index (κ1) is 16.6. The molecule has 2 N–H and O–H groups in total. The van der Waals surface area contributed by atoms with Crippen molar-refractivity contribution in [3.63, 3.8) is 0 Å². The van der Waals surface area contributed by atoms with Crippen LogP contribution in [0.4, 0.5) is 4.79 Å². The van der Waals surface area contributed by atoms with Crippen molar-refractivity contribution in [3.05, 3.63) is 46.6 Å². The molecule has 1 aliphatic heterocycles. The van der Waals surface area contributed by atoms with Crippen LogP contribution >= 0.6 is 0 Å². The molecule has 0 radical (unpaired) electrons. The number of aryl methyl sites for hydroxylation is 3. The lowest BCUT2D eigenvalue weighted by Crippen LogP contribution is -2.39. The SMILES string of the molecule is Cc1cc(C2CCCN2C(=O)NCc2nc3c(C)c(C)ccc3[nH]2)on1. The van der Waals surface area contributed by atoms with Gasteiger partial charge >= 0.3 is 6.03 Å². The Bertz CT molecular complexity index is 958. The summed E-state index contributed by atoms with van der Waals surface area (Å²) < 4.78 is 5.37. The molecule has 1 saturated heterocycles. The Labute approximate surface area is 151 Å². The van der Waals surface area contributed by atoms with Gasteiger partial charge in [0, 0.05) is 12.6 Å². The van der Waals surface area contributed by atoms with Gasteiger partial charge in [-0.3, -0.25) is 0 Å². The first-order valence-electron chi connectivity index (χ1n) is 8.95. The van der Waals surface area contributed by atoms with Gasteiger partial charge in [0.05, 0.1) is 29.3 Å². The predicted molar refractivity (Wildman–Crippen MR) is 97.7 cm³/mol. The molecule has 1 aliphatic rings. The molecule has 26 heavy (non-hydrogen) atoms. The number of aromatic amines is 1. The van der Waals surface area contributed by atoms with Gasteiger partial charge in [0.2, 0.25) is 0 Å². The van der Waals surface area contributed by atoms with Crippen molar-refractivity contribution in [2.24, 2.45) is 0 Å². The van der Waals surface area contributed by atoms with Crippen LogP contribution < -0.4 is 5.32 Å². The second kappa shape index (κ2) is 6.48. The van der Waals surface area contributed by atoms with E-state index in [1.165, 1.54) is 5.56 Å². The van der Waals surface area contributed by atoms with Crippen molar-refractivity contribution in [1.29, 1.82) is 0 Å². The van der Waals surface area contributed by atoms with Crippen LogP contribution in [0.3, 0.4) is 0 Å². The monoisotopic (exact) mass is 353 g/mol. The van der Waals surface area contributed by atoms with E-state index in [4.69, 9.17) is 4.52 Å². The molecule has 4 rings (SSSR count). The molecule has 136 valence electrons. The molecule has 2 amide bonds. The van der Waals surface area contributed by atoms with Crippen molar-refractivity contribution in [3.8, 4) is 0 Å². The second-order valence-electron chi connectivity index (χ2n) is 6.97. The second-order valence-corrected chi connectivity index (χ2v) is 6.97. The zero-order chi connectivity index (χ0) is 18.3. The third kappa shape index (κ3) is 2.94. The van der Waals surface area contributed by atoms with Gasteiger partial charge in [-0.15, -0.1) is 0 Å². The molecule has 1 atom stereocenters. The Morgan fingerprint density at radius 3 is 3.00 bits per heavy atom. The van der Waals surface area contributed by atoms with Gasteiger partial charge in [0.1, 0.15) is 5.82 Å². The van der Waals surface area contributed by atoms with E-state index in [1.54, 1.807) is 0 Å². The van der Waals surface area contributed by atoms with E-state index in [2.05, 4.69) is 40.4 Å². The third-order valence-electron chi connectivity index (χ3n) is 5.12. The summed E-state index contributed by atoms with van der Waals surface area (Å²) in [6.07, 6.45) is 1.85. The number of likely N-dealkylation sites (tertiary alicyclic amines) is 1. The van der Waals surface area contributed by atoms with E-state index in [0.29, 0.717) is 13.1 Å². The molecule has 3 heterocycles. The molecular formula is C19H23N5O2. The van der Waals surface area contributed by atoms with E-state index in [-0.39, 0.29) is 12.1 Å². The molecule has 1 unspecified atom stereocenters. The first-order chi connectivity index (χ1) is 12.5. The number of nitrogens with one attached hydrogen (secondary N) is 2. The Morgan fingerprint density at radius 2 is 2.23 bits per heavy atom. The summed E-state index contributed by atoms with van der Waals surface area (Å²) in [5, 5.41) is 6.91. The number of H-pyrrole nitrogens is 1. The van der Waals surface area contributed by atoms with E-state index < -0.39 is 0 Å². The molecular weight excluding hydrogens is 330 g/mol. The number of hydrogen-bond donors (Lipinski definition) is 2. The minimum atomic E-state index is -0.102. The van der Waals surface area contributed by atoms with Crippen LogP contribution in [0.15, 0.2) is 22.7 Å². The maximum absolute atomic E-state index is 12.7. The summed E-state index contributed by atoms with van der Waals surface area (Å²) in [4.78, 5) is 22.4. The molecule has 2 aromatic heterocycles. The number of carbonyl (C=O) groups is 1. The third-order valence-corrected chi connectivity index (χ3v) is 5.12. The van der Waals surface area contributed by atoms with Crippen molar-refractivity contribution >= 4 is 17.1 Å². The molecule has 0 aliphatic carbocycles. The molecule has 7 heteroatoms. The quantitative estimate of drug-likeness (QED) is 0.754. The number of nitrogens with zero attached hydrogens (tertiary/aromatic N) is 3. The number of amides is 2. The summed E-state index contributed by atoms with van der Waals surface area (Å²) in [6, 6.07) is 5.86. The number of rotatable bonds is 3. The fourth-order valence-corrected chi connectivity index (χ4v) is 3.55. The topological polar surface area (TPSA) is 87.0 Å². The number of carbonyl (C=O) groups excluding carboxylic acids is 1. The number of fused-ring (bicyclic) bond motifs is 1. The number of aromatic nitrogens is 3. The predicted octanol–water partition coefficient (Wildman–Crippen LogP) is 3.52. The molecule has 0 saturated carbocycles. The lowest BCUT2D eigenvalue weighted by atomic mass is 10.1. The maximum Gasteiger partial charge on any atom is 0.318 e. The highest BCUT2D eigenvalue weighted by molar-refractivity contribution is 5.80. The number of imidazole rings is 1. The van der Waals surface area contributed by atoms with Crippen molar-refractivity contribution in [2.45, 2.75) is 46.2 Å². The molecule has 1 aromatic carbocycles. The largest absolute Gasteiger partial charge is 0.359 e. The number of benzene rings is 1. The highest BCUT2D eigenvalue weighted by Gasteiger charge is 2.32. The molecule has 1 fully saturated rings. The van der Waals surface area contributed by atoms with Gasteiger partial charge in [0.25, 0.3) is 0 Å². The summed E-state index contributed by atoms with van der Waals surface area (Å²) in [5.74, 6) is 1.51. The minimum Gasteiger partial charge on any atom is -0.359 e. The van der Waals surface area contributed by atoms with Crippen molar-refractivity contribution < 1.29 is 9.32 Å². The zero-order valence-corrected chi connectivity index (χ0v) is 15.3. The van der Waals surface area contributed by atoms with Gasteiger partial charge in [-0.25, -0.2) is 9.78 Å². The Kier molecular flexibility index (Phi) is 4.14. The maximum atomic E-state index is 12.7. The molecule has 0 bridgehead atoms. The Hall–Kier alpha value is -2.83. The first-order valence-corrected chi connectivity index (χ1v) is 8.95. The Balaban J connectivity index is 1.46. The summed E-state index contributed by atoms with van der Waals surface area (Å²) >= 11 is 0. The van der Waals surface area contributed by atoms with E-state index >= 15 is 0 Å². The van der Waals surface area contributed by atoms with Crippen LogP contribution in [0.25, 0.3) is 11.0 Å². The van der Waals surface area contributed by atoms with Crippen LogP contribution in [-0.4, -0.2) is 32.6 Å². The molecule has 7 nitrogen and oxygen atoms in total. The highest BCUT2D eigenvalue weighted by atomic mass is 16.5. The normalized spacial score (nSPS) is 17.2. The fourth-order valence-electron chi connectivity index (χ4n) is 3.55.